The standard InChI is InChI=1S/C15H13N3O3S/c1-22-14-8-2-11(3-9-14)10-16-17-15(19)12-4-6-13(7-5-12)18(20)21/h2-10H,1H3,(H,17,19). The van der Waals surface area contributed by atoms with Crippen LogP contribution in [0.25, 0.3) is 0 Å². The minimum absolute atomic E-state index is 0.0612. The second-order valence-corrected chi connectivity index (χ2v) is 5.16. The number of hydrazone groups is 1. The normalized spacial score (nSPS) is 10.6. The Balaban J connectivity index is 1.96. The molecule has 2 aromatic rings. The van der Waals surface area contributed by atoms with Gasteiger partial charge in [-0.2, -0.15) is 5.10 Å². The van der Waals surface area contributed by atoms with E-state index in [1.54, 1.807) is 11.8 Å². The van der Waals surface area contributed by atoms with Crippen molar-refractivity contribution < 1.29 is 9.72 Å². The molecule has 7 heteroatoms. The Morgan fingerprint density at radius 2 is 1.82 bits per heavy atom. The van der Waals surface area contributed by atoms with Crippen molar-refractivity contribution in [1.29, 1.82) is 0 Å². The fourth-order valence-corrected chi connectivity index (χ4v) is 2.06. The first-order valence-corrected chi connectivity index (χ1v) is 7.54. The highest BCUT2D eigenvalue weighted by Gasteiger charge is 2.08. The second kappa shape index (κ2) is 7.37. The van der Waals surface area contributed by atoms with Crippen molar-refractivity contribution in [3.8, 4) is 0 Å². The number of nitro groups is 1. The molecule has 6 nitrogen and oxygen atoms in total. The van der Waals surface area contributed by atoms with E-state index in [0.29, 0.717) is 5.56 Å². The molecule has 0 aromatic heterocycles. The minimum atomic E-state index is -0.516. The molecule has 0 saturated carbocycles. The molecule has 0 saturated heterocycles. The summed E-state index contributed by atoms with van der Waals surface area (Å²) >= 11 is 1.64. The topological polar surface area (TPSA) is 84.6 Å². The Morgan fingerprint density at radius 3 is 2.36 bits per heavy atom. The molecular weight excluding hydrogens is 302 g/mol. The number of thioether (sulfide) groups is 1. The van der Waals surface area contributed by atoms with Gasteiger partial charge in [0.2, 0.25) is 0 Å². The average molecular weight is 315 g/mol. The summed E-state index contributed by atoms with van der Waals surface area (Å²) < 4.78 is 0. The molecule has 0 aliphatic carbocycles. The average Bonchev–Trinajstić information content (AvgIpc) is 2.55. The lowest BCUT2D eigenvalue weighted by Crippen LogP contribution is -2.17. The zero-order valence-electron chi connectivity index (χ0n) is 11.7. The first-order valence-electron chi connectivity index (χ1n) is 6.32. The predicted octanol–water partition coefficient (Wildman–Crippen LogP) is 3.08. The number of carbonyl (C=O) groups excluding carboxylic acids is 1. The monoisotopic (exact) mass is 315 g/mol. The van der Waals surface area contributed by atoms with Crippen molar-refractivity contribution in [2.75, 3.05) is 6.26 Å². The summed E-state index contributed by atoms with van der Waals surface area (Å²) in [4.78, 5) is 23.0. The van der Waals surface area contributed by atoms with Crippen LogP contribution in [0.4, 0.5) is 5.69 Å². The van der Waals surface area contributed by atoms with Crippen LogP contribution in [-0.4, -0.2) is 23.3 Å². The van der Waals surface area contributed by atoms with Crippen molar-refractivity contribution in [1.82, 2.24) is 5.43 Å². The van der Waals surface area contributed by atoms with Crippen molar-refractivity contribution in [3.05, 3.63) is 69.8 Å². The third kappa shape index (κ3) is 4.16. The van der Waals surface area contributed by atoms with Gasteiger partial charge in [-0.15, -0.1) is 11.8 Å². The second-order valence-electron chi connectivity index (χ2n) is 4.28. The summed E-state index contributed by atoms with van der Waals surface area (Å²) in [6.45, 7) is 0. The van der Waals surface area contributed by atoms with Gasteiger partial charge in [-0.1, -0.05) is 12.1 Å². The Labute approximate surface area is 131 Å². The molecule has 0 unspecified atom stereocenters. The first kappa shape index (κ1) is 15.7. The molecule has 22 heavy (non-hydrogen) atoms. The van der Waals surface area contributed by atoms with E-state index in [1.165, 1.54) is 30.5 Å². The van der Waals surface area contributed by atoms with Crippen LogP contribution in [0.2, 0.25) is 0 Å². The van der Waals surface area contributed by atoms with Crippen LogP contribution in [0.15, 0.2) is 58.5 Å². The van der Waals surface area contributed by atoms with Gasteiger partial charge in [-0.3, -0.25) is 14.9 Å². The van der Waals surface area contributed by atoms with Gasteiger partial charge in [0, 0.05) is 22.6 Å². The molecule has 0 aliphatic heterocycles. The van der Waals surface area contributed by atoms with Gasteiger partial charge < -0.3 is 0 Å². The van der Waals surface area contributed by atoms with E-state index in [4.69, 9.17) is 0 Å². The van der Waals surface area contributed by atoms with Crippen molar-refractivity contribution >= 4 is 29.6 Å². The number of rotatable bonds is 5. The zero-order valence-corrected chi connectivity index (χ0v) is 12.5. The maximum absolute atomic E-state index is 11.8. The van der Waals surface area contributed by atoms with Crippen LogP contribution in [0.1, 0.15) is 15.9 Å². The van der Waals surface area contributed by atoms with Crippen molar-refractivity contribution in [2.24, 2.45) is 5.10 Å². The van der Waals surface area contributed by atoms with Gasteiger partial charge in [0.1, 0.15) is 0 Å². The van der Waals surface area contributed by atoms with Crippen LogP contribution in [-0.2, 0) is 0 Å². The van der Waals surface area contributed by atoms with E-state index in [9.17, 15) is 14.9 Å². The maximum Gasteiger partial charge on any atom is 0.271 e. The molecule has 2 aromatic carbocycles. The number of nitrogens with zero attached hydrogens (tertiary/aromatic N) is 2. The van der Waals surface area contributed by atoms with E-state index in [-0.39, 0.29) is 5.69 Å². The largest absolute Gasteiger partial charge is 0.271 e. The summed E-state index contributed by atoms with van der Waals surface area (Å²) in [7, 11) is 0. The minimum Gasteiger partial charge on any atom is -0.267 e. The van der Waals surface area contributed by atoms with Crippen molar-refractivity contribution in [2.45, 2.75) is 4.90 Å². The zero-order chi connectivity index (χ0) is 15.9. The van der Waals surface area contributed by atoms with E-state index in [1.807, 2.05) is 30.5 Å². The maximum atomic E-state index is 11.8. The van der Waals surface area contributed by atoms with E-state index in [0.717, 1.165) is 10.5 Å². The van der Waals surface area contributed by atoms with Gasteiger partial charge in [0.15, 0.2) is 0 Å². The molecule has 2 rings (SSSR count). The number of hydrogen-bond acceptors (Lipinski definition) is 5. The number of amides is 1. The number of hydrogen-bond donors (Lipinski definition) is 1. The smallest absolute Gasteiger partial charge is 0.267 e. The van der Waals surface area contributed by atoms with Gasteiger partial charge in [-0.05, 0) is 36.1 Å². The Bertz CT molecular complexity index is 697. The molecule has 1 N–H and O–H groups in total. The molecule has 0 radical (unpaired) electrons. The molecule has 0 aliphatic rings. The summed E-state index contributed by atoms with van der Waals surface area (Å²) in [5.74, 6) is -0.424. The first-order chi connectivity index (χ1) is 10.6. The fraction of sp³-hybridized carbons (Fsp3) is 0.0667. The summed E-state index contributed by atoms with van der Waals surface area (Å²) in [5.41, 5.74) is 3.49. The van der Waals surface area contributed by atoms with Gasteiger partial charge in [0.25, 0.3) is 11.6 Å². The summed E-state index contributed by atoms with van der Waals surface area (Å²) in [6, 6.07) is 13.0. The van der Waals surface area contributed by atoms with Gasteiger partial charge in [0.05, 0.1) is 11.1 Å². The van der Waals surface area contributed by atoms with Crippen LogP contribution in [0.3, 0.4) is 0 Å². The fourth-order valence-electron chi connectivity index (χ4n) is 1.65. The Hall–Kier alpha value is -2.67. The lowest BCUT2D eigenvalue weighted by molar-refractivity contribution is -0.384. The number of nitro benzene ring substituents is 1. The van der Waals surface area contributed by atoms with E-state index >= 15 is 0 Å². The number of carbonyl (C=O) groups is 1. The molecule has 0 bridgehead atoms. The third-order valence-electron chi connectivity index (χ3n) is 2.84. The molecule has 0 heterocycles. The van der Waals surface area contributed by atoms with Gasteiger partial charge in [-0.25, -0.2) is 5.43 Å². The number of benzene rings is 2. The number of nitrogens with one attached hydrogen (secondary N) is 1. The highest BCUT2D eigenvalue weighted by atomic mass is 32.2. The van der Waals surface area contributed by atoms with Crippen molar-refractivity contribution in [3.63, 3.8) is 0 Å². The third-order valence-corrected chi connectivity index (χ3v) is 3.58. The van der Waals surface area contributed by atoms with E-state index < -0.39 is 10.8 Å². The SMILES string of the molecule is CSc1ccc(C=NNC(=O)c2ccc([N+](=O)[O-])cc2)cc1. The van der Waals surface area contributed by atoms with Crippen LogP contribution in [0, 0.1) is 10.1 Å². The van der Waals surface area contributed by atoms with Crippen LogP contribution < -0.4 is 5.43 Å². The molecular formula is C15H13N3O3S. The summed E-state index contributed by atoms with van der Waals surface area (Å²) in [5, 5.41) is 14.4. The van der Waals surface area contributed by atoms with Crippen LogP contribution >= 0.6 is 11.8 Å². The Kier molecular flexibility index (Phi) is 5.26. The van der Waals surface area contributed by atoms with Gasteiger partial charge >= 0.3 is 0 Å². The highest BCUT2D eigenvalue weighted by Crippen LogP contribution is 2.14. The number of non-ortho nitro benzene ring substituents is 1. The van der Waals surface area contributed by atoms with E-state index in [2.05, 4.69) is 10.5 Å². The van der Waals surface area contributed by atoms with Crippen LogP contribution in [0.5, 0.6) is 0 Å². The molecule has 1 amide bonds. The molecule has 0 fully saturated rings. The summed E-state index contributed by atoms with van der Waals surface area (Å²) in [6.07, 6.45) is 3.53. The predicted molar refractivity (Wildman–Crippen MR) is 86.4 cm³/mol. The molecule has 0 atom stereocenters. The lowest BCUT2D eigenvalue weighted by Gasteiger charge is -2.00. The quantitative estimate of drug-likeness (QED) is 0.398. The molecule has 0 spiro atoms. The lowest BCUT2D eigenvalue weighted by atomic mass is 10.2. The molecule has 112 valence electrons. The highest BCUT2D eigenvalue weighted by molar-refractivity contribution is 7.98. The Morgan fingerprint density at radius 1 is 1.18 bits per heavy atom.